The zero-order valence-corrected chi connectivity index (χ0v) is 5.54. The van der Waals surface area contributed by atoms with Crippen LogP contribution in [0.1, 0.15) is 0 Å². The molecule has 0 saturated carbocycles. The van der Waals surface area contributed by atoms with E-state index < -0.39 is 8.60 Å². The van der Waals surface area contributed by atoms with E-state index in [0.717, 1.165) is 0 Å². The van der Waals surface area contributed by atoms with Crippen molar-refractivity contribution in [2.75, 3.05) is 13.2 Å². The zero-order chi connectivity index (χ0) is 7.11. The molecule has 0 fully saturated rings. The lowest BCUT2D eigenvalue weighted by atomic mass is 10.7. The normalized spacial score (nSPS) is 9.67. The van der Waals surface area contributed by atoms with Crippen molar-refractivity contribution in [1.82, 2.24) is 5.32 Å². The van der Waals surface area contributed by atoms with E-state index in [1.807, 2.05) is 0 Å². The van der Waals surface area contributed by atoms with E-state index in [4.69, 9.17) is 9.79 Å². The van der Waals surface area contributed by atoms with E-state index in [1.54, 1.807) is 0 Å². The van der Waals surface area contributed by atoms with Gasteiger partial charge < -0.3 is 19.6 Å². The van der Waals surface area contributed by atoms with Gasteiger partial charge in [0.1, 0.15) is 0 Å². The lowest BCUT2D eigenvalue weighted by Crippen LogP contribution is -2.16. The Morgan fingerprint density at radius 1 is 1.67 bits per heavy atom. The van der Waals surface area contributed by atoms with Crippen molar-refractivity contribution in [3.63, 3.8) is 0 Å². The quantitative estimate of drug-likeness (QED) is 0.268. The SMILES string of the molecule is O=CNCCOP(O)O. The Hall–Kier alpha value is -0.220. The molecule has 5 nitrogen and oxygen atoms in total. The highest BCUT2D eigenvalue weighted by Gasteiger charge is 1.95. The van der Waals surface area contributed by atoms with Crippen molar-refractivity contribution >= 4 is 15.0 Å². The molecule has 0 rings (SSSR count). The first-order valence-corrected chi connectivity index (χ1v) is 3.41. The fraction of sp³-hybridized carbons (Fsp3) is 0.667. The molecule has 1 amide bonds. The van der Waals surface area contributed by atoms with Crippen molar-refractivity contribution in [3.05, 3.63) is 0 Å². The number of amides is 1. The minimum atomic E-state index is -2.27. The number of carbonyl (C=O) groups is 1. The van der Waals surface area contributed by atoms with E-state index in [0.29, 0.717) is 13.0 Å². The Morgan fingerprint density at radius 3 is 2.78 bits per heavy atom. The zero-order valence-electron chi connectivity index (χ0n) is 4.65. The van der Waals surface area contributed by atoms with Gasteiger partial charge in [-0.15, -0.1) is 0 Å². The maximum atomic E-state index is 9.56. The van der Waals surface area contributed by atoms with E-state index >= 15 is 0 Å². The van der Waals surface area contributed by atoms with Gasteiger partial charge in [-0.2, -0.15) is 0 Å². The highest BCUT2D eigenvalue weighted by Crippen LogP contribution is 2.22. The summed E-state index contributed by atoms with van der Waals surface area (Å²) in [5, 5.41) is 2.29. The van der Waals surface area contributed by atoms with Crippen LogP contribution in [-0.4, -0.2) is 29.3 Å². The Balaban J connectivity index is 2.82. The minimum absolute atomic E-state index is 0.122. The molecule has 0 atom stereocenters. The largest absolute Gasteiger partial charge is 0.356 e. The van der Waals surface area contributed by atoms with Crippen molar-refractivity contribution < 1.29 is 19.1 Å². The van der Waals surface area contributed by atoms with E-state index in [-0.39, 0.29) is 6.61 Å². The summed E-state index contributed by atoms with van der Waals surface area (Å²) in [4.78, 5) is 25.8. The smallest absolute Gasteiger partial charge is 0.327 e. The lowest BCUT2D eigenvalue weighted by Gasteiger charge is -2.01. The Labute approximate surface area is 53.6 Å². The molecule has 0 aromatic heterocycles. The summed E-state index contributed by atoms with van der Waals surface area (Å²) < 4.78 is 4.30. The number of nitrogens with one attached hydrogen (secondary N) is 1. The number of carbonyl (C=O) groups excluding carboxylic acids is 1. The molecule has 0 aliphatic carbocycles. The van der Waals surface area contributed by atoms with Gasteiger partial charge in [-0.25, -0.2) is 0 Å². The third-order valence-corrected chi connectivity index (χ3v) is 0.950. The van der Waals surface area contributed by atoms with Gasteiger partial charge in [-0.3, -0.25) is 4.79 Å². The molecule has 0 aliphatic heterocycles. The van der Waals surface area contributed by atoms with Crippen LogP contribution < -0.4 is 5.32 Å². The average molecular weight is 153 g/mol. The van der Waals surface area contributed by atoms with Crippen molar-refractivity contribution in [2.24, 2.45) is 0 Å². The molecule has 0 unspecified atom stereocenters. The molecular weight excluding hydrogens is 145 g/mol. The molecule has 0 radical (unpaired) electrons. The molecular formula is C3H8NO4P. The van der Waals surface area contributed by atoms with E-state index in [9.17, 15) is 4.79 Å². The van der Waals surface area contributed by atoms with Crippen molar-refractivity contribution in [2.45, 2.75) is 0 Å². The molecule has 3 N–H and O–H groups in total. The highest BCUT2D eigenvalue weighted by atomic mass is 31.2. The van der Waals surface area contributed by atoms with Crippen LogP contribution in [0.4, 0.5) is 0 Å². The second-order valence-electron chi connectivity index (χ2n) is 1.16. The average Bonchev–Trinajstić information content (AvgIpc) is 1.80. The van der Waals surface area contributed by atoms with Gasteiger partial charge in [0.15, 0.2) is 0 Å². The topological polar surface area (TPSA) is 78.8 Å². The van der Waals surface area contributed by atoms with Crippen LogP contribution in [0.3, 0.4) is 0 Å². The number of rotatable bonds is 5. The second-order valence-corrected chi connectivity index (χ2v) is 1.92. The summed E-state index contributed by atoms with van der Waals surface area (Å²) in [5.74, 6) is 0. The molecule has 0 aliphatic rings. The fourth-order valence-corrected chi connectivity index (χ4v) is 0.500. The predicted octanol–water partition coefficient (Wildman–Crippen LogP) is -1.04. The monoisotopic (exact) mass is 153 g/mol. The molecule has 0 aromatic rings. The first-order valence-electron chi connectivity index (χ1n) is 2.25. The van der Waals surface area contributed by atoms with Gasteiger partial charge in [0, 0.05) is 6.54 Å². The number of hydrogen-bond donors (Lipinski definition) is 3. The standard InChI is InChI=1S/C3H8NO4P/c5-3-4-1-2-8-9(6)7/h3,6-7H,1-2H2,(H,4,5). The Kier molecular flexibility index (Phi) is 5.76. The van der Waals surface area contributed by atoms with Crippen LogP contribution in [0, 0.1) is 0 Å². The first-order chi connectivity index (χ1) is 4.27. The van der Waals surface area contributed by atoms with Crippen LogP contribution in [0.5, 0.6) is 0 Å². The summed E-state index contributed by atoms with van der Waals surface area (Å²) in [5.41, 5.74) is 0. The van der Waals surface area contributed by atoms with Crippen LogP contribution in [0.2, 0.25) is 0 Å². The second kappa shape index (κ2) is 5.91. The summed E-state index contributed by atoms with van der Waals surface area (Å²) in [6, 6.07) is 0. The minimum Gasteiger partial charge on any atom is -0.356 e. The summed E-state index contributed by atoms with van der Waals surface area (Å²) in [6.07, 6.45) is 0.514. The van der Waals surface area contributed by atoms with Crippen LogP contribution >= 0.6 is 8.60 Å². The van der Waals surface area contributed by atoms with E-state index in [1.165, 1.54) is 0 Å². The Morgan fingerprint density at radius 2 is 2.33 bits per heavy atom. The summed E-state index contributed by atoms with van der Waals surface area (Å²) in [7, 11) is -2.27. The van der Waals surface area contributed by atoms with Crippen molar-refractivity contribution in [1.29, 1.82) is 0 Å². The number of hydrogen-bond acceptors (Lipinski definition) is 4. The molecule has 0 bridgehead atoms. The van der Waals surface area contributed by atoms with Crippen LogP contribution in [0.25, 0.3) is 0 Å². The van der Waals surface area contributed by atoms with Gasteiger partial charge in [-0.1, -0.05) is 0 Å². The summed E-state index contributed by atoms with van der Waals surface area (Å²) in [6.45, 7) is 0.418. The van der Waals surface area contributed by atoms with Crippen molar-refractivity contribution in [3.8, 4) is 0 Å². The highest BCUT2D eigenvalue weighted by molar-refractivity contribution is 7.39. The maximum Gasteiger partial charge on any atom is 0.327 e. The predicted molar refractivity (Wildman–Crippen MR) is 31.4 cm³/mol. The van der Waals surface area contributed by atoms with Gasteiger partial charge in [0.25, 0.3) is 0 Å². The maximum absolute atomic E-state index is 9.56. The third kappa shape index (κ3) is 7.78. The summed E-state index contributed by atoms with van der Waals surface area (Å²) >= 11 is 0. The lowest BCUT2D eigenvalue weighted by molar-refractivity contribution is -0.109. The third-order valence-electron chi connectivity index (χ3n) is 0.536. The molecule has 9 heavy (non-hydrogen) atoms. The van der Waals surface area contributed by atoms with E-state index in [2.05, 4.69) is 9.84 Å². The molecule has 0 heterocycles. The fourth-order valence-electron chi connectivity index (χ4n) is 0.245. The van der Waals surface area contributed by atoms with Crippen LogP contribution in [0.15, 0.2) is 0 Å². The van der Waals surface area contributed by atoms with Crippen LogP contribution in [-0.2, 0) is 9.32 Å². The molecule has 0 saturated heterocycles. The molecule has 0 spiro atoms. The molecule has 0 aromatic carbocycles. The molecule has 54 valence electrons. The van der Waals surface area contributed by atoms with Gasteiger partial charge in [0.05, 0.1) is 6.61 Å². The van der Waals surface area contributed by atoms with Gasteiger partial charge in [0.2, 0.25) is 6.41 Å². The Bertz CT molecular complexity index is 78.2. The first kappa shape index (κ1) is 8.78. The van der Waals surface area contributed by atoms with Gasteiger partial charge in [-0.05, 0) is 0 Å². The van der Waals surface area contributed by atoms with Gasteiger partial charge >= 0.3 is 8.60 Å². The molecule has 6 heteroatoms.